The van der Waals surface area contributed by atoms with Gasteiger partial charge in [0, 0.05) is 0 Å². The summed E-state index contributed by atoms with van der Waals surface area (Å²) in [5.74, 6) is 0. The largest absolute Gasteiger partial charge is 0.387 e. The van der Waals surface area contributed by atoms with Crippen molar-refractivity contribution in [2.75, 3.05) is 6.54 Å². The van der Waals surface area contributed by atoms with Gasteiger partial charge in [-0.05, 0) is 6.54 Å². The first kappa shape index (κ1) is 9.40. The molecule has 2 heteroatoms. The topological polar surface area (TPSA) is 32.3 Å². The van der Waals surface area contributed by atoms with E-state index in [2.05, 4.69) is 18.5 Å². The van der Waals surface area contributed by atoms with Gasteiger partial charge < -0.3 is 10.4 Å². The molecule has 0 aromatic heterocycles. The molecular weight excluding hydrogens is 126 g/mol. The van der Waals surface area contributed by atoms with Gasteiger partial charge in [0.25, 0.3) is 0 Å². The number of nitrogens with one attached hydrogen (secondary N) is 1. The fraction of sp³-hybridized carbons (Fsp3) is 0.500. The van der Waals surface area contributed by atoms with Crippen molar-refractivity contribution in [2.45, 2.75) is 19.1 Å². The predicted molar refractivity (Wildman–Crippen MR) is 43.9 cm³/mol. The molecule has 0 aromatic carbocycles. The standard InChI is InChI=1S/C8H15NO/c1-4-7(9-6-3)8(10)5-2/h4-5,7-10H,1-2,6H2,3H3/t7-,8-/m0/s1. The summed E-state index contributed by atoms with van der Waals surface area (Å²) >= 11 is 0. The summed E-state index contributed by atoms with van der Waals surface area (Å²) in [6.07, 6.45) is 2.64. The van der Waals surface area contributed by atoms with Gasteiger partial charge in [0.2, 0.25) is 0 Å². The Morgan fingerprint density at radius 3 is 2.40 bits per heavy atom. The Hall–Kier alpha value is -0.600. The van der Waals surface area contributed by atoms with E-state index < -0.39 is 6.10 Å². The molecule has 0 aliphatic rings. The highest BCUT2D eigenvalue weighted by molar-refractivity contribution is 4.98. The third-order valence-electron chi connectivity index (χ3n) is 1.30. The summed E-state index contributed by atoms with van der Waals surface area (Å²) in [4.78, 5) is 0. The van der Waals surface area contributed by atoms with E-state index in [9.17, 15) is 5.11 Å². The fourth-order valence-electron chi connectivity index (χ4n) is 0.726. The second-order valence-corrected chi connectivity index (χ2v) is 2.05. The molecule has 0 unspecified atom stereocenters. The van der Waals surface area contributed by atoms with Crippen LogP contribution in [0.3, 0.4) is 0 Å². The molecule has 0 spiro atoms. The summed E-state index contributed by atoms with van der Waals surface area (Å²) in [5.41, 5.74) is 0. The lowest BCUT2D eigenvalue weighted by Crippen LogP contribution is -2.36. The van der Waals surface area contributed by atoms with Gasteiger partial charge >= 0.3 is 0 Å². The molecule has 2 N–H and O–H groups in total. The van der Waals surface area contributed by atoms with Crippen molar-refractivity contribution in [3.05, 3.63) is 25.3 Å². The molecule has 0 saturated carbocycles. The maximum absolute atomic E-state index is 9.20. The van der Waals surface area contributed by atoms with E-state index in [1.807, 2.05) is 6.92 Å². The summed E-state index contributed by atoms with van der Waals surface area (Å²) in [7, 11) is 0. The molecular formula is C8H15NO. The van der Waals surface area contributed by atoms with Gasteiger partial charge in [-0.15, -0.1) is 13.2 Å². The number of rotatable bonds is 5. The predicted octanol–water partition coefficient (Wildman–Crippen LogP) is 0.697. The van der Waals surface area contributed by atoms with Crippen molar-refractivity contribution < 1.29 is 5.11 Å². The van der Waals surface area contributed by atoms with Crippen molar-refractivity contribution in [1.82, 2.24) is 5.32 Å². The highest BCUT2D eigenvalue weighted by Gasteiger charge is 2.08. The van der Waals surface area contributed by atoms with Crippen molar-refractivity contribution in [2.24, 2.45) is 0 Å². The van der Waals surface area contributed by atoms with Crippen LogP contribution in [0.5, 0.6) is 0 Å². The molecule has 0 bridgehead atoms. The molecule has 0 fully saturated rings. The molecule has 0 aromatic rings. The molecule has 0 amide bonds. The van der Waals surface area contributed by atoms with Crippen LogP contribution in [0.4, 0.5) is 0 Å². The molecule has 0 radical (unpaired) electrons. The summed E-state index contributed by atoms with van der Waals surface area (Å²) in [6.45, 7) is 9.85. The van der Waals surface area contributed by atoms with Crippen LogP contribution in [0.15, 0.2) is 25.3 Å². The van der Waals surface area contributed by atoms with Gasteiger partial charge in [-0.2, -0.15) is 0 Å². The molecule has 10 heavy (non-hydrogen) atoms. The van der Waals surface area contributed by atoms with E-state index in [0.29, 0.717) is 0 Å². The van der Waals surface area contributed by atoms with E-state index in [4.69, 9.17) is 0 Å². The van der Waals surface area contributed by atoms with Crippen LogP contribution < -0.4 is 5.32 Å². The van der Waals surface area contributed by atoms with Crippen molar-refractivity contribution in [3.8, 4) is 0 Å². The zero-order valence-electron chi connectivity index (χ0n) is 6.38. The maximum Gasteiger partial charge on any atom is 0.0907 e. The monoisotopic (exact) mass is 141 g/mol. The smallest absolute Gasteiger partial charge is 0.0907 e. The Morgan fingerprint density at radius 2 is 2.10 bits per heavy atom. The van der Waals surface area contributed by atoms with Crippen LogP contribution in [-0.2, 0) is 0 Å². The molecule has 2 atom stereocenters. The molecule has 2 nitrogen and oxygen atoms in total. The van der Waals surface area contributed by atoms with Crippen LogP contribution >= 0.6 is 0 Å². The summed E-state index contributed by atoms with van der Waals surface area (Å²) in [5, 5.41) is 12.2. The van der Waals surface area contributed by atoms with Gasteiger partial charge in [-0.1, -0.05) is 19.1 Å². The van der Waals surface area contributed by atoms with E-state index in [-0.39, 0.29) is 6.04 Å². The minimum Gasteiger partial charge on any atom is -0.387 e. The summed E-state index contributed by atoms with van der Waals surface area (Å²) in [6, 6.07) is -0.0671. The zero-order chi connectivity index (χ0) is 7.98. The van der Waals surface area contributed by atoms with E-state index >= 15 is 0 Å². The molecule has 0 aliphatic heterocycles. The minimum atomic E-state index is -0.530. The van der Waals surface area contributed by atoms with Crippen molar-refractivity contribution >= 4 is 0 Å². The van der Waals surface area contributed by atoms with Gasteiger partial charge in [-0.25, -0.2) is 0 Å². The Morgan fingerprint density at radius 1 is 1.50 bits per heavy atom. The molecule has 0 heterocycles. The number of hydrogen-bond acceptors (Lipinski definition) is 2. The number of hydrogen-bond donors (Lipinski definition) is 2. The lowest BCUT2D eigenvalue weighted by Gasteiger charge is -2.16. The van der Waals surface area contributed by atoms with Crippen LogP contribution in [0.2, 0.25) is 0 Å². The third kappa shape index (κ3) is 2.80. The van der Waals surface area contributed by atoms with Gasteiger partial charge in [0.1, 0.15) is 0 Å². The molecule has 58 valence electrons. The van der Waals surface area contributed by atoms with Crippen LogP contribution in [0.25, 0.3) is 0 Å². The molecule has 0 saturated heterocycles. The van der Waals surface area contributed by atoms with Gasteiger partial charge in [0.15, 0.2) is 0 Å². The van der Waals surface area contributed by atoms with Crippen LogP contribution in [-0.4, -0.2) is 23.8 Å². The highest BCUT2D eigenvalue weighted by atomic mass is 16.3. The first-order valence-electron chi connectivity index (χ1n) is 3.42. The zero-order valence-corrected chi connectivity index (χ0v) is 6.38. The van der Waals surface area contributed by atoms with E-state index in [0.717, 1.165) is 6.54 Å². The second kappa shape index (κ2) is 5.21. The minimum absolute atomic E-state index is 0.0671. The van der Waals surface area contributed by atoms with Gasteiger partial charge in [-0.3, -0.25) is 0 Å². The molecule has 0 rings (SSSR count). The quantitative estimate of drug-likeness (QED) is 0.552. The Labute approximate surface area is 62.3 Å². The van der Waals surface area contributed by atoms with E-state index in [1.165, 1.54) is 6.08 Å². The highest BCUT2D eigenvalue weighted by Crippen LogP contribution is 1.94. The SMILES string of the molecule is C=C[C@H](NCC)[C@@H](O)C=C. The molecule has 0 aliphatic carbocycles. The normalized spacial score (nSPS) is 15.8. The number of aliphatic hydroxyl groups is 1. The van der Waals surface area contributed by atoms with Crippen molar-refractivity contribution in [1.29, 1.82) is 0 Å². The number of aliphatic hydroxyl groups excluding tert-OH is 1. The Kier molecular flexibility index (Phi) is 4.89. The Balaban J connectivity index is 3.78. The first-order valence-corrected chi connectivity index (χ1v) is 3.42. The van der Waals surface area contributed by atoms with Gasteiger partial charge in [0.05, 0.1) is 12.1 Å². The summed E-state index contributed by atoms with van der Waals surface area (Å²) < 4.78 is 0. The van der Waals surface area contributed by atoms with Crippen molar-refractivity contribution in [3.63, 3.8) is 0 Å². The lowest BCUT2D eigenvalue weighted by molar-refractivity contribution is 0.193. The first-order chi connectivity index (χ1) is 4.76. The average Bonchev–Trinajstić information content (AvgIpc) is 1.99. The lowest BCUT2D eigenvalue weighted by atomic mass is 10.1. The third-order valence-corrected chi connectivity index (χ3v) is 1.30. The van der Waals surface area contributed by atoms with Crippen LogP contribution in [0, 0.1) is 0 Å². The maximum atomic E-state index is 9.20. The average molecular weight is 141 g/mol. The van der Waals surface area contributed by atoms with Crippen LogP contribution in [0.1, 0.15) is 6.92 Å². The van der Waals surface area contributed by atoms with E-state index in [1.54, 1.807) is 6.08 Å². The number of likely N-dealkylation sites (N-methyl/N-ethyl adjacent to an activating group) is 1. The fourth-order valence-corrected chi connectivity index (χ4v) is 0.726. The Bertz CT molecular complexity index is 112. The second-order valence-electron chi connectivity index (χ2n) is 2.05.